The van der Waals surface area contributed by atoms with E-state index in [1.54, 1.807) is 14.1 Å². The number of nitrogens with zero attached hydrogens (tertiary/aromatic N) is 4. The smallest absolute Gasteiger partial charge is 0.254 e. The number of fused-ring (bicyclic) bond motifs is 10. The first kappa shape index (κ1) is 25.8. The molecule has 0 saturated heterocycles. The molecule has 2 amide bonds. The molecule has 3 heterocycles. The minimum absolute atomic E-state index is 0.0379. The number of carbonyl (C=O) groups is 2. The third-order valence-corrected chi connectivity index (χ3v) is 7.18. The fourth-order valence-corrected chi connectivity index (χ4v) is 5.47. The van der Waals surface area contributed by atoms with Crippen LogP contribution in [0.15, 0.2) is 60.9 Å². The summed E-state index contributed by atoms with van der Waals surface area (Å²) in [6.07, 6.45) is 4.76. The number of likely N-dealkylation sites (N-methyl/N-ethyl adjacent to an activating group) is 2. The van der Waals surface area contributed by atoms with Gasteiger partial charge >= 0.3 is 0 Å². The number of carbonyl (C=O) groups excluding carboxylic acids is 2. The van der Waals surface area contributed by atoms with Gasteiger partial charge in [0.2, 0.25) is 5.91 Å². The Balaban J connectivity index is 1.85. The van der Waals surface area contributed by atoms with Gasteiger partial charge in [0.05, 0.1) is 23.9 Å². The Labute approximate surface area is 222 Å². The Morgan fingerprint density at radius 3 is 1.97 bits per heavy atom. The molecule has 0 radical (unpaired) electrons. The van der Waals surface area contributed by atoms with Gasteiger partial charge in [-0.2, -0.15) is 0 Å². The van der Waals surface area contributed by atoms with Crippen LogP contribution in [0.3, 0.4) is 0 Å². The predicted molar refractivity (Wildman–Crippen MR) is 151 cm³/mol. The molecule has 2 aromatic carbocycles. The van der Waals surface area contributed by atoms with Crippen LogP contribution in [0.2, 0.25) is 0 Å². The van der Waals surface area contributed by atoms with E-state index < -0.39 is 5.91 Å². The molecule has 4 aromatic rings. The van der Waals surface area contributed by atoms with Gasteiger partial charge in [0.1, 0.15) is 0 Å². The number of primary amides is 1. The Bertz CT molecular complexity index is 1540. The molecule has 38 heavy (non-hydrogen) atoms. The van der Waals surface area contributed by atoms with Crippen LogP contribution in [-0.2, 0) is 27.4 Å². The standard InChI is InChI=1S/C30H35N5O3/c1-32(2)17-20-13-14-34-18-23(21-9-5-7-11-25(21)34)27(29(31)36)28(30(37)33(3)4)24-19-35(15-16-38-20)26-12-8-6-10-22(24)26/h5-12,18-20H,13-17H2,1-4H3,(H2,31,36)/b28-27-/t20-/m0/s1. The maximum absolute atomic E-state index is 13.8. The molecule has 1 aliphatic rings. The number of aromatic nitrogens is 2. The van der Waals surface area contributed by atoms with E-state index in [2.05, 4.69) is 28.1 Å². The maximum atomic E-state index is 13.8. The van der Waals surface area contributed by atoms with E-state index in [9.17, 15) is 9.59 Å². The van der Waals surface area contributed by atoms with Crippen molar-refractivity contribution in [3.63, 3.8) is 0 Å². The molecular formula is C30H35N5O3. The molecule has 2 aromatic heterocycles. The summed E-state index contributed by atoms with van der Waals surface area (Å²) >= 11 is 0. The lowest BCUT2D eigenvalue weighted by atomic mass is 9.92. The molecule has 1 aliphatic heterocycles. The zero-order valence-electron chi connectivity index (χ0n) is 22.5. The van der Waals surface area contributed by atoms with Crippen molar-refractivity contribution in [2.24, 2.45) is 5.73 Å². The lowest BCUT2D eigenvalue weighted by molar-refractivity contribution is -0.122. The van der Waals surface area contributed by atoms with E-state index in [0.717, 1.165) is 34.8 Å². The van der Waals surface area contributed by atoms with Crippen molar-refractivity contribution in [1.29, 1.82) is 0 Å². The molecule has 4 bridgehead atoms. The predicted octanol–water partition coefficient (Wildman–Crippen LogP) is 3.43. The number of amides is 2. The molecule has 0 fully saturated rings. The third kappa shape index (κ3) is 4.73. The van der Waals surface area contributed by atoms with Crippen molar-refractivity contribution in [2.45, 2.75) is 25.6 Å². The zero-order chi connectivity index (χ0) is 27.0. The van der Waals surface area contributed by atoms with Crippen LogP contribution in [0.4, 0.5) is 0 Å². The van der Waals surface area contributed by atoms with Crippen molar-refractivity contribution in [3.05, 3.63) is 72.1 Å². The average Bonchev–Trinajstić information content (AvgIpc) is 3.43. The molecule has 8 heteroatoms. The highest BCUT2D eigenvalue weighted by molar-refractivity contribution is 6.41. The Morgan fingerprint density at radius 2 is 1.42 bits per heavy atom. The number of rotatable bonds is 4. The topological polar surface area (TPSA) is 85.7 Å². The molecule has 8 nitrogen and oxygen atoms in total. The Kier molecular flexibility index (Phi) is 7.10. The second kappa shape index (κ2) is 10.5. The van der Waals surface area contributed by atoms with Gasteiger partial charge in [-0.05, 0) is 32.6 Å². The van der Waals surface area contributed by atoms with Gasteiger partial charge in [-0.25, -0.2) is 0 Å². The number of hydrogen-bond acceptors (Lipinski definition) is 4. The summed E-state index contributed by atoms with van der Waals surface area (Å²) in [5.74, 6) is -0.899. The molecule has 5 rings (SSSR count). The van der Waals surface area contributed by atoms with Gasteiger partial charge in [-0.15, -0.1) is 0 Å². The average molecular weight is 514 g/mol. The minimum Gasteiger partial charge on any atom is -0.375 e. The highest BCUT2D eigenvalue weighted by Gasteiger charge is 2.29. The van der Waals surface area contributed by atoms with E-state index in [-0.39, 0.29) is 17.6 Å². The lowest BCUT2D eigenvalue weighted by Crippen LogP contribution is -2.30. The van der Waals surface area contributed by atoms with Crippen molar-refractivity contribution in [1.82, 2.24) is 18.9 Å². The second-order valence-corrected chi connectivity index (χ2v) is 10.4. The Morgan fingerprint density at radius 1 is 0.868 bits per heavy atom. The summed E-state index contributed by atoms with van der Waals surface area (Å²) in [4.78, 5) is 30.7. The normalized spacial score (nSPS) is 18.6. The highest BCUT2D eigenvalue weighted by Crippen LogP contribution is 2.37. The fraction of sp³-hybridized carbons (Fsp3) is 0.333. The molecule has 0 aliphatic carbocycles. The van der Waals surface area contributed by atoms with Crippen molar-refractivity contribution >= 4 is 44.8 Å². The monoisotopic (exact) mass is 513 g/mol. The van der Waals surface area contributed by atoms with E-state index in [4.69, 9.17) is 10.5 Å². The van der Waals surface area contributed by atoms with Gasteiger partial charge in [-0.3, -0.25) is 9.59 Å². The van der Waals surface area contributed by atoms with Crippen LogP contribution in [0, 0.1) is 0 Å². The van der Waals surface area contributed by atoms with Crippen LogP contribution in [-0.4, -0.2) is 78.2 Å². The van der Waals surface area contributed by atoms with Crippen molar-refractivity contribution in [3.8, 4) is 0 Å². The van der Waals surface area contributed by atoms with E-state index in [1.165, 1.54) is 4.90 Å². The van der Waals surface area contributed by atoms with Crippen molar-refractivity contribution in [2.75, 3.05) is 41.3 Å². The molecule has 0 saturated carbocycles. The van der Waals surface area contributed by atoms with E-state index in [1.807, 2.05) is 60.9 Å². The SMILES string of the molecule is CN(C)C[C@@H]1CCn2cc(c3ccccc32)/C(C(N)=O)=C(/C(=O)N(C)C)c2cn(c3ccccc23)CCO1. The number of benzene rings is 2. The van der Waals surface area contributed by atoms with E-state index in [0.29, 0.717) is 36.4 Å². The fourth-order valence-electron chi connectivity index (χ4n) is 5.47. The molecular weight excluding hydrogens is 478 g/mol. The summed E-state index contributed by atoms with van der Waals surface area (Å²) < 4.78 is 10.7. The Hall–Kier alpha value is -3.88. The third-order valence-electron chi connectivity index (χ3n) is 7.18. The highest BCUT2D eigenvalue weighted by atomic mass is 16.5. The summed E-state index contributed by atoms with van der Waals surface area (Å²) in [7, 11) is 7.49. The van der Waals surface area contributed by atoms with Crippen LogP contribution in [0.25, 0.3) is 33.0 Å². The van der Waals surface area contributed by atoms with Crippen LogP contribution in [0.1, 0.15) is 17.5 Å². The van der Waals surface area contributed by atoms with Gasteiger partial charge in [0, 0.05) is 79.1 Å². The molecule has 0 spiro atoms. The van der Waals surface area contributed by atoms with Crippen LogP contribution >= 0.6 is 0 Å². The molecule has 1 atom stereocenters. The van der Waals surface area contributed by atoms with Crippen LogP contribution < -0.4 is 5.73 Å². The number of nitrogens with two attached hydrogens (primary N) is 1. The summed E-state index contributed by atoms with van der Waals surface area (Å²) in [6.45, 7) is 2.65. The van der Waals surface area contributed by atoms with E-state index >= 15 is 0 Å². The quantitative estimate of drug-likeness (QED) is 0.453. The first-order chi connectivity index (χ1) is 18.3. The molecule has 2 N–H and O–H groups in total. The van der Waals surface area contributed by atoms with Gasteiger partial charge in [-0.1, -0.05) is 36.4 Å². The van der Waals surface area contributed by atoms with Gasteiger partial charge in [0.15, 0.2) is 0 Å². The van der Waals surface area contributed by atoms with Gasteiger partial charge in [0.25, 0.3) is 5.91 Å². The first-order valence-corrected chi connectivity index (χ1v) is 12.9. The molecule has 198 valence electrons. The van der Waals surface area contributed by atoms with Crippen LogP contribution in [0.5, 0.6) is 0 Å². The maximum Gasteiger partial charge on any atom is 0.254 e. The largest absolute Gasteiger partial charge is 0.375 e. The summed E-state index contributed by atoms with van der Waals surface area (Å²) in [5.41, 5.74) is 9.96. The first-order valence-electron chi connectivity index (χ1n) is 12.9. The summed E-state index contributed by atoms with van der Waals surface area (Å²) in [5, 5.41) is 1.77. The number of hydrogen-bond donors (Lipinski definition) is 1. The van der Waals surface area contributed by atoms with Crippen molar-refractivity contribution < 1.29 is 14.3 Å². The number of aryl methyl sites for hydroxylation is 1. The number of para-hydroxylation sites is 2. The molecule has 0 unspecified atom stereocenters. The minimum atomic E-state index is -0.629. The van der Waals surface area contributed by atoms with Gasteiger partial charge < -0.3 is 29.4 Å². The summed E-state index contributed by atoms with van der Waals surface area (Å²) in [6, 6.07) is 15.9. The number of ether oxygens (including phenoxy) is 1. The zero-order valence-corrected chi connectivity index (χ0v) is 22.5. The lowest BCUT2D eigenvalue weighted by Gasteiger charge is -2.22. The second-order valence-electron chi connectivity index (χ2n) is 10.4.